The maximum atomic E-state index is 12.4. The summed E-state index contributed by atoms with van der Waals surface area (Å²) in [6.45, 7) is 1.35. The van der Waals surface area contributed by atoms with Crippen molar-refractivity contribution < 1.29 is 23.8 Å². The predicted octanol–water partition coefficient (Wildman–Crippen LogP) is 1.07. The molecule has 1 aliphatic rings. The van der Waals surface area contributed by atoms with Gasteiger partial charge in [0.2, 0.25) is 5.91 Å². The average molecular weight is 336 g/mol. The smallest absolute Gasteiger partial charge is 0.251 e. The summed E-state index contributed by atoms with van der Waals surface area (Å²) in [6, 6.07) is 5.12. The van der Waals surface area contributed by atoms with Gasteiger partial charge in [0.25, 0.3) is 5.91 Å². The van der Waals surface area contributed by atoms with Gasteiger partial charge in [0, 0.05) is 31.8 Å². The van der Waals surface area contributed by atoms with Gasteiger partial charge in [-0.3, -0.25) is 9.59 Å². The fourth-order valence-electron chi connectivity index (χ4n) is 2.73. The molecular weight excluding hydrogens is 312 g/mol. The fraction of sp³-hybridized carbons (Fsp3) is 0.529. The van der Waals surface area contributed by atoms with E-state index < -0.39 is 0 Å². The Labute approximate surface area is 141 Å². The Morgan fingerprint density at radius 2 is 1.79 bits per heavy atom. The van der Waals surface area contributed by atoms with Crippen molar-refractivity contribution in [2.75, 3.05) is 41.0 Å². The molecule has 1 heterocycles. The second-order valence-corrected chi connectivity index (χ2v) is 5.63. The van der Waals surface area contributed by atoms with Crippen LogP contribution < -0.4 is 14.8 Å². The maximum absolute atomic E-state index is 12.4. The maximum Gasteiger partial charge on any atom is 0.251 e. The van der Waals surface area contributed by atoms with Crippen LogP contribution in [0.15, 0.2) is 18.2 Å². The highest BCUT2D eigenvalue weighted by Gasteiger charge is 2.24. The molecule has 1 saturated heterocycles. The summed E-state index contributed by atoms with van der Waals surface area (Å²) >= 11 is 0. The van der Waals surface area contributed by atoms with Crippen LogP contribution in [-0.4, -0.2) is 63.8 Å². The molecule has 1 aliphatic heterocycles. The number of piperidine rings is 1. The van der Waals surface area contributed by atoms with Crippen LogP contribution in [0.5, 0.6) is 11.5 Å². The molecule has 1 aromatic rings. The topological polar surface area (TPSA) is 77.1 Å². The second kappa shape index (κ2) is 8.54. The highest BCUT2D eigenvalue weighted by Crippen LogP contribution is 2.27. The van der Waals surface area contributed by atoms with Gasteiger partial charge < -0.3 is 24.4 Å². The zero-order valence-corrected chi connectivity index (χ0v) is 14.3. The largest absolute Gasteiger partial charge is 0.493 e. The molecule has 24 heavy (non-hydrogen) atoms. The van der Waals surface area contributed by atoms with Gasteiger partial charge in [-0.25, -0.2) is 0 Å². The summed E-state index contributed by atoms with van der Waals surface area (Å²) in [4.78, 5) is 25.9. The van der Waals surface area contributed by atoms with E-state index in [0.29, 0.717) is 30.2 Å². The van der Waals surface area contributed by atoms with E-state index in [4.69, 9.17) is 14.2 Å². The molecule has 132 valence electrons. The molecule has 0 atom stereocenters. The van der Waals surface area contributed by atoms with Crippen molar-refractivity contribution in [3.8, 4) is 11.5 Å². The van der Waals surface area contributed by atoms with Crippen molar-refractivity contribution in [2.24, 2.45) is 0 Å². The van der Waals surface area contributed by atoms with E-state index in [2.05, 4.69) is 5.32 Å². The normalized spacial score (nSPS) is 15.0. The number of hydrogen-bond acceptors (Lipinski definition) is 5. The zero-order chi connectivity index (χ0) is 17.5. The number of nitrogens with one attached hydrogen (secondary N) is 1. The summed E-state index contributed by atoms with van der Waals surface area (Å²) < 4.78 is 15.3. The Morgan fingerprint density at radius 1 is 1.12 bits per heavy atom. The van der Waals surface area contributed by atoms with Crippen LogP contribution in [-0.2, 0) is 9.53 Å². The second-order valence-electron chi connectivity index (χ2n) is 5.63. The summed E-state index contributed by atoms with van der Waals surface area (Å²) in [7, 11) is 4.59. The van der Waals surface area contributed by atoms with E-state index in [1.165, 1.54) is 14.2 Å². The van der Waals surface area contributed by atoms with E-state index in [9.17, 15) is 9.59 Å². The number of nitrogens with zero attached hydrogens (tertiary/aromatic N) is 1. The number of methoxy groups -OCH3 is 3. The van der Waals surface area contributed by atoms with Gasteiger partial charge in [0.05, 0.1) is 14.2 Å². The number of likely N-dealkylation sites (tertiary alicyclic amines) is 1. The first kappa shape index (κ1) is 18.1. The first-order valence-corrected chi connectivity index (χ1v) is 7.88. The Hall–Kier alpha value is -2.28. The minimum absolute atomic E-state index is 0.0119. The van der Waals surface area contributed by atoms with E-state index in [-0.39, 0.29) is 24.5 Å². The fourth-order valence-corrected chi connectivity index (χ4v) is 2.73. The number of amides is 2. The van der Waals surface area contributed by atoms with Crippen molar-refractivity contribution in [1.82, 2.24) is 10.2 Å². The van der Waals surface area contributed by atoms with Crippen LogP contribution in [0.1, 0.15) is 23.2 Å². The van der Waals surface area contributed by atoms with Crippen LogP contribution in [0.3, 0.4) is 0 Å². The molecule has 1 fully saturated rings. The standard InChI is InChI=1S/C17H24N2O5/c1-22-11-16(20)19-8-6-13(7-9-19)18-17(21)12-4-5-14(23-2)15(10-12)24-3/h4-5,10,13H,6-9,11H2,1-3H3,(H,18,21). The molecule has 7 nitrogen and oxygen atoms in total. The van der Waals surface area contributed by atoms with Crippen LogP contribution >= 0.6 is 0 Å². The monoisotopic (exact) mass is 336 g/mol. The van der Waals surface area contributed by atoms with Gasteiger partial charge in [-0.1, -0.05) is 0 Å². The van der Waals surface area contributed by atoms with E-state index in [0.717, 1.165) is 12.8 Å². The molecule has 0 bridgehead atoms. The Morgan fingerprint density at radius 3 is 2.38 bits per heavy atom. The molecule has 0 unspecified atom stereocenters. The van der Waals surface area contributed by atoms with Gasteiger partial charge in [-0.15, -0.1) is 0 Å². The molecule has 0 aliphatic carbocycles. The Bertz CT molecular complexity index is 582. The molecule has 0 aromatic heterocycles. The van der Waals surface area contributed by atoms with Crippen molar-refractivity contribution in [3.63, 3.8) is 0 Å². The number of carbonyl (C=O) groups is 2. The van der Waals surface area contributed by atoms with E-state index in [1.807, 2.05) is 0 Å². The summed E-state index contributed by atoms with van der Waals surface area (Å²) in [5.74, 6) is 0.934. The third-order valence-electron chi connectivity index (χ3n) is 4.10. The summed E-state index contributed by atoms with van der Waals surface area (Å²) in [5.41, 5.74) is 0.519. The number of carbonyl (C=O) groups excluding carboxylic acids is 2. The van der Waals surface area contributed by atoms with Crippen molar-refractivity contribution >= 4 is 11.8 Å². The van der Waals surface area contributed by atoms with Crippen molar-refractivity contribution in [2.45, 2.75) is 18.9 Å². The van der Waals surface area contributed by atoms with Gasteiger partial charge >= 0.3 is 0 Å². The molecule has 0 radical (unpaired) electrons. The summed E-state index contributed by atoms with van der Waals surface area (Å²) in [5, 5.41) is 3.01. The molecule has 1 aromatic carbocycles. The molecule has 1 N–H and O–H groups in total. The number of benzene rings is 1. The van der Waals surface area contributed by atoms with Crippen LogP contribution in [0, 0.1) is 0 Å². The lowest BCUT2D eigenvalue weighted by Gasteiger charge is -2.32. The Kier molecular flexibility index (Phi) is 6.43. The zero-order valence-electron chi connectivity index (χ0n) is 14.3. The third kappa shape index (κ3) is 4.38. The van der Waals surface area contributed by atoms with E-state index in [1.54, 1.807) is 30.2 Å². The number of ether oxygens (including phenoxy) is 3. The minimum atomic E-state index is -0.155. The van der Waals surface area contributed by atoms with Gasteiger partial charge in [0.1, 0.15) is 6.61 Å². The molecule has 0 saturated carbocycles. The molecular formula is C17H24N2O5. The molecule has 0 spiro atoms. The lowest BCUT2D eigenvalue weighted by atomic mass is 10.0. The molecule has 2 amide bonds. The van der Waals surface area contributed by atoms with Crippen molar-refractivity contribution in [1.29, 1.82) is 0 Å². The quantitative estimate of drug-likeness (QED) is 0.841. The van der Waals surface area contributed by atoms with Crippen LogP contribution in [0.4, 0.5) is 0 Å². The Balaban J connectivity index is 1.91. The third-order valence-corrected chi connectivity index (χ3v) is 4.10. The predicted molar refractivity (Wildman–Crippen MR) is 88.5 cm³/mol. The van der Waals surface area contributed by atoms with E-state index >= 15 is 0 Å². The van der Waals surface area contributed by atoms with Crippen LogP contribution in [0.2, 0.25) is 0 Å². The SMILES string of the molecule is COCC(=O)N1CCC(NC(=O)c2ccc(OC)c(OC)c2)CC1. The average Bonchev–Trinajstić information content (AvgIpc) is 2.61. The highest BCUT2D eigenvalue weighted by atomic mass is 16.5. The highest BCUT2D eigenvalue weighted by molar-refractivity contribution is 5.95. The summed E-state index contributed by atoms with van der Waals surface area (Å²) in [6.07, 6.45) is 1.46. The van der Waals surface area contributed by atoms with Gasteiger partial charge in [0.15, 0.2) is 11.5 Å². The lowest BCUT2D eigenvalue weighted by Crippen LogP contribution is -2.47. The lowest BCUT2D eigenvalue weighted by molar-refractivity contribution is -0.136. The van der Waals surface area contributed by atoms with Gasteiger partial charge in [-0.2, -0.15) is 0 Å². The van der Waals surface area contributed by atoms with Crippen LogP contribution in [0.25, 0.3) is 0 Å². The molecule has 2 rings (SSSR count). The first-order valence-electron chi connectivity index (χ1n) is 7.88. The van der Waals surface area contributed by atoms with Gasteiger partial charge in [-0.05, 0) is 31.0 Å². The van der Waals surface area contributed by atoms with Crippen molar-refractivity contribution in [3.05, 3.63) is 23.8 Å². The minimum Gasteiger partial charge on any atom is -0.493 e. The molecule has 7 heteroatoms. The number of rotatable bonds is 6. The number of hydrogen-bond donors (Lipinski definition) is 1. The first-order chi connectivity index (χ1) is 11.6.